The van der Waals surface area contributed by atoms with E-state index in [2.05, 4.69) is 180 Å². The second-order valence-corrected chi connectivity index (χ2v) is 13.1. The molecule has 4 heteroatoms. The Kier molecular flexibility index (Phi) is 6.85. The summed E-state index contributed by atoms with van der Waals surface area (Å²) in [6.07, 6.45) is -0.265. The molecule has 0 radical (unpaired) electrons. The Labute approximate surface area is 295 Å². The van der Waals surface area contributed by atoms with E-state index in [1.165, 1.54) is 38.1 Å². The first-order valence-electron chi connectivity index (χ1n) is 17.4. The number of benzene rings is 8. The number of rotatable bonds is 5. The van der Waals surface area contributed by atoms with Gasteiger partial charge < -0.3 is 9.88 Å². The van der Waals surface area contributed by atoms with Gasteiger partial charge in [-0.15, -0.1) is 0 Å². The van der Waals surface area contributed by atoms with Crippen molar-refractivity contribution in [1.29, 1.82) is 0 Å². The maximum Gasteiger partial charge on any atom is 0.159 e. The van der Waals surface area contributed by atoms with Gasteiger partial charge in [0.1, 0.15) is 12.0 Å². The Morgan fingerprint density at radius 3 is 1.96 bits per heavy atom. The molecule has 4 nitrogen and oxygen atoms in total. The van der Waals surface area contributed by atoms with E-state index in [0.29, 0.717) is 5.84 Å². The number of fused-ring (bicyclic) bond motifs is 5. The normalized spacial score (nSPS) is 14.5. The van der Waals surface area contributed by atoms with Crippen molar-refractivity contribution in [1.82, 2.24) is 9.88 Å². The van der Waals surface area contributed by atoms with Gasteiger partial charge in [-0.1, -0.05) is 140 Å². The fourth-order valence-corrected chi connectivity index (χ4v) is 7.45. The number of amidine groups is 2. The van der Waals surface area contributed by atoms with E-state index in [-0.39, 0.29) is 6.17 Å². The third-order valence-electron chi connectivity index (χ3n) is 9.98. The van der Waals surface area contributed by atoms with Gasteiger partial charge in [-0.05, 0) is 80.7 Å². The summed E-state index contributed by atoms with van der Waals surface area (Å²) in [5.74, 6) is 1.52. The summed E-state index contributed by atoms with van der Waals surface area (Å²) in [4.78, 5) is 10.3. The molecule has 0 saturated carbocycles. The van der Waals surface area contributed by atoms with Gasteiger partial charge in [0.05, 0.1) is 11.0 Å². The van der Waals surface area contributed by atoms with Crippen LogP contribution < -0.4 is 5.32 Å². The first kappa shape index (κ1) is 29.2. The third kappa shape index (κ3) is 5.17. The van der Waals surface area contributed by atoms with Crippen LogP contribution >= 0.6 is 0 Å². The van der Waals surface area contributed by atoms with Gasteiger partial charge in [0.25, 0.3) is 0 Å². The topological polar surface area (TPSA) is 41.7 Å². The lowest BCUT2D eigenvalue weighted by Crippen LogP contribution is -2.33. The summed E-state index contributed by atoms with van der Waals surface area (Å²) in [7, 11) is 0. The highest BCUT2D eigenvalue weighted by molar-refractivity contribution is 6.15. The maximum atomic E-state index is 5.15. The van der Waals surface area contributed by atoms with Crippen molar-refractivity contribution in [2.24, 2.45) is 9.98 Å². The van der Waals surface area contributed by atoms with Gasteiger partial charge in [0.15, 0.2) is 5.84 Å². The molecule has 8 aromatic carbocycles. The number of nitrogens with zero attached hydrogens (tertiary/aromatic N) is 3. The van der Waals surface area contributed by atoms with E-state index >= 15 is 0 Å². The van der Waals surface area contributed by atoms with Crippen LogP contribution in [0, 0.1) is 0 Å². The highest BCUT2D eigenvalue weighted by atomic mass is 15.2. The highest BCUT2D eigenvalue weighted by Crippen LogP contribution is 2.36. The Morgan fingerprint density at radius 1 is 0.431 bits per heavy atom. The lowest BCUT2D eigenvalue weighted by molar-refractivity contribution is 0.674. The molecule has 0 fully saturated rings. The third-order valence-corrected chi connectivity index (χ3v) is 9.98. The lowest BCUT2D eigenvalue weighted by Gasteiger charge is -2.24. The summed E-state index contributed by atoms with van der Waals surface area (Å²) in [6, 6.07) is 64.7. The zero-order chi connectivity index (χ0) is 33.7. The smallest absolute Gasteiger partial charge is 0.159 e. The van der Waals surface area contributed by atoms with Crippen molar-refractivity contribution in [2.75, 3.05) is 0 Å². The summed E-state index contributed by atoms with van der Waals surface area (Å²) >= 11 is 0. The molecule has 1 aliphatic heterocycles. The molecule has 0 saturated heterocycles. The van der Waals surface area contributed by atoms with Gasteiger partial charge in [-0.25, -0.2) is 9.98 Å². The maximum absolute atomic E-state index is 5.15. The van der Waals surface area contributed by atoms with E-state index in [0.717, 1.165) is 44.5 Å². The molecular formula is C47H32N4. The van der Waals surface area contributed by atoms with Crippen LogP contribution in [-0.4, -0.2) is 16.2 Å². The molecule has 1 N–H and O–H groups in total. The fourth-order valence-electron chi connectivity index (χ4n) is 7.45. The van der Waals surface area contributed by atoms with Crippen molar-refractivity contribution in [3.05, 3.63) is 199 Å². The van der Waals surface area contributed by atoms with Crippen molar-refractivity contribution in [2.45, 2.75) is 6.17 Å². The molecule has 0 spiro atoms. The van der Waals surface area contributed by atoms with E-state index in [9.17, 15) is 0 Å². The van der Waals surface area contributed by atoms with Crippen LogP contribution in [0.1, 0.15) is 22.9 Å². The second-order valence-electron chi connectivity index (χ2n) is 13.1. The number of aliphatic imine (C=N–C) groups is 2. The average Bonchev–Trinajstić information content (AvgIpc) is 3.53. The SMILES string of the molecule is c1ccc(-c2cccc(C3=NC(c4ccc5cc(-n6c7ccccc7c7cc8ccccc8cc76)ccc5c4)=NC(c4ccccc4)N3)c2)cc1. The largest absolute Gasteiger partial charge is 0.344 e. The minimum Gasteiger partial charge on any atom is -0.344 e. The number of hydrogen-bond donors (Lipinski definition) is 1. The Hall–Kier alpha value is -6.78. The average molecular weight is 653 g/mol. The van der Waals surface area contributed by atoms with Crippen LogP contribution in [0.4, 0.5) is 0 Å². The molecule has 0 aliphatic carbocycles. The van der Waals surface area contributed by atoms with E-state index in [1.54, 1.807) is 0 Å². The molecule has 1 unspecified atom stereocenters. The molecule has 0 bridgehead atoms. The minimum atomic E-state index is -0.265. The number of nitrogens with one attached hydrogen (secondary N) is 1. The summed E-state index contributed by atoms with van der Waals surface area (Å²) in [5.41, 5.74) is 8.97. The number of hydrogen-bond acceptors (Lipinski definition) is 3. The van der Waals surface area contributed by atoms with E-state index in [1.807, 2.05) is 12.1 Å². The highest BCUT2D eigenvalue weighted by Gasteiger charge is 2.22. The van der Waals surface area contributed by atoms with Crippen LogP contribution in [-0.2, 0) is 0 Å². The predicted octanol–water partition coefficient (Wildman–Crippen LogP) is 11.3. The van der Waals surface area contributed by atoms with Crippen LogP contribution in [0.2, 0.25) is 0 Å². The minimum absolute atomic E-state index is 0.265. The molecule has 1 aromatic heterocycles. The second kappa shape index (κ2) is 12.0. The van der Waals surface area contributed by atoms with Crippen LogP contribution in [0.15, 0.2) is 192 Å². The molecule has 1 atom stereocenters. The molecular weight excluding hydrogens is 621 g/mol. The monoisotopic (exact) mass is 652 g/mol. The van der Waals surface area contributed by atoms with Gasteiger partial charge in [-0.3, -0.25) is 0 Å². The summed E-state index contributed by atoms with van der Waals surface area (Å²) < 4.78 is 2.39. The number of aromatic nitrogens is 1. The Morgan fingerprint density at radius 2 is 1.10 bits per heavy atom. The number of para-hydroxylation sites is 1. The Bertz CT molecular complexity index is 2830. The molecule has 0 amide bonds. The zero-order valence-corrected chi connectivity index (χ0v) is 27.7. The van der Waals surface area contributed by atoms with Gasteiger partial charge in [0.2, 0.25) is 0 Å². The van der Waals surface area contributed by atoms with Crippen LogP contribution in [0.25, 0.3) is 60.2 Å². The van der Waals surface area contributed by atoms with Crippen LogP contribution in [0.5, 0.6) is 0 Å². The van der Waals surface area contributed by atoms with Gasteiger partial charge in [-0.2, -0.15) is 0 Å². The molecule has 10 rings (SSSR count). The predicted molar refractivity (Wildman–Crippen MR) is 213 cm³/mol. The Balaban J connectivity index is 1.07. The quantitative estimate of drug-likeness (QED) is 0.197. The fraction of sp³-hybridized carbons (Fsp3) is 0.0213. The van der Waals surface area contributed by atoms with Crippen molar-refractivity contribution < 1.29 is 0 Å². The molecule has 240 valence electrons. The molecule has 2 heterocycles. The van der Waals surface area contributed by atoms with Crippen LogP contribution in [0.3, 0.4) is 0 Å². The molecule has 1 aliphatic rings. The van der Waals surface area contributed by atoms with E-state index < -0.39 is 0 Å². The van der Waals surface area contributed by atoms with Crippen molar-refractivity contribution >= 4 is 55.0 Å². The van der Waals surface area contributed by atoms with E-state index in [4.69, 9.17) is 9.98 Å². The van der Waals surface area contributed by atoms with Gasteiger partial charge >= 0.3 is 0 Å². The standard InChI is InChI=1S/C47H32N4/c1-3-12-31(13-4-1)33-18-11-19-38(26-33)46-48-45(32-14-5-2-6-15-32)49-47(50-46)39-23-22-37-28-40(25-24-36(37)27-39)51-43-21-10-9-20-41(43)42-29-34-16-7-8-17-35(34)30-44(42)51/h1-30,45H,(H,48,49,50). The first-order valence-corrected chi connectivity index (χ1v) is 17.4. The zero-order valence-electron chi connectivity index (χ0n) is 27.7. The molecule has 9 aromatic rings. The molecule has 51 heavy (non-hydrogen) atoms. The lowest BCUT2D eigenvalue weighted by atomic mass is 10.0. The summed E-state index contributed by atoms with van der Waals surface area (Å²) in [5, 5.41) is 10.9. The van der Waals surface area contributed by atoms with Crippen molar-refractivity contribution in [3.8, 4) is 16.8 Å². The first-order chi connectivity index (χ1) is 25.2. The summed E-state index contributed by atoms with van der Waals surface area (Å²) in [6.45, 7) is 0. The van der Waals surface area contributed by atoms with Crippen molar-refractivity contribution in [3.63, 3.8) is 0 Å². The van der Waals surface area contributed by atoms with Gasteiger partial charge in [0, 0.05) is 27.6 Å².